The molecule has 4 aromatic carbocycles. The molecule has 9 nitrogen and oxygen atoms in total. The van der Waals surface area contributed by atoms with Crippen molar-refractivity contribution in [1.29, 1.82) is 0 Å². The third-order valence-corrected chi connectivity index (χ3v) is 9.98. The molecule has 3 atom stereocenters. The molecule has 46 heavy (non-hydrogen) atoms. The minimum Gasteiger partial charge on any atom is -0.465 e. The van der Waals surface area contributed by atoms with Gasteiger partial charge in [0.25, 0.3) is 0 Å². The SMILES string of the molecule is O=C(O)NC(C(=O)Nc1ccccc1CC[C@@H]1CNC[C@@H](CS(=O)(=O)c2ccc(Cl)cc2)O1)C(c1ccccc1)c1ccccc1. The molecular weight excluding hydrogens is 626 g/mol. The predicted molar refractivity (Wildman–Crippen MR) is 178 cm³/mol. The van der Waals surface area contributed by atoms with E-state index in [0.29, 0.717) is 36.6 Å². The molecule has 0 bridgehead atoms. The van der Waals surface area contributed by atoms with Gasteiger partial charge in [0, 0.05) is 29.7 Å². The van der Waals surface area contributed by atoms with E-state index >= 15 is 0 Å². The van der Waals surface area contributed by atoms with Crippen LogP contribution in [0, 0.1) is 0 Å². The summed E-state index contributed by atoms with van der Waals surface area (Å²) in [6.07, 6.45) is -0.961. The van der Waals surface area contributed by atoms with Crippen LogP contribution in [0.4, 0.5) is 10.5 Å². The van der Waals surface area contributed by atoms with Gasteiger partial charge in [-0.15, -0.1) is 0 Å². The number of aryl methyl sites for hydroxylation is 1. The number of para-hydroxylation sites is 1. The lowest BCUT2D eigenvalue weighted by atomic mass is 9.84. The first-order valence-corrected chi connectivity index (χ1v) is 17.1. The number of morpholine rings is 1. The second kappa shape index (κ2) is 15.4. The summed E-state index contributed by atoms with van der Waals surface area (Å²) in [7, 11) is -3.57. The molecule has 4 aromatic rings. The fraction of sp³-hybridized carbons (Fsp3) is 0.257. The Kier molecular flexibility index (Phi) is 11.1. The van der Waals surface area contributed by atoms with E-state index in [0.717, 1.165) is 16.7 Å². The van der Waals surface area contributed by atoms with Crippen molar-refractivity contribution in [3.8, 4) is 0 Å². The van der Waals surface area contributed by atoms with Crippen LogP contribution in [0.5, 0.6) is 0 Å². The minimum absolute atomic E-state index is 0.160. The van der Waals surface area contributed by atoms with E-state index in [4.69, 9.17) is 16.3 Å². The molecule has 0 aliphatic carbocycles. The number of carbonyl (C=O) groups excluding carboxylic acids is 1. The normalized spacial score (nSPS) is 17.3. The highest BCUT2D eigenvalue weighted by Gasteiger charge is 2.33. The smallest absolute Gasteiger partial charge is 0.405 e. The third-order valence-electron chi connectivity index (χ3n) is 7.93. The summed E-state index contributed by atoms with van der Waals surface area (Å²) < 4.78 is 32.1. The van der Waals surface area contributed by atoms with Gasteiger partial charge in [0.05, 0.1) is 22.9 Å². The topological polar surface area (TPSA) is 134 Å². The molecule has 5 rings (SSSR count). The molecule has 1 unspecified atom stereocenters. The Labute approximate surface area is 273 Å². The summed E-state index contributed by atoms with van der Waals surface area (Å²) >= 11 is 5.92. The molecule has 0 aromatic heterocycles. The van der Waals surface area contributed by atoms with E-state index < -0.39 is 39.9 Å². The van der Waals surface area contributed by atoms with Crippen molar-refractivity contribution in [2.24, 2.45) is 0 Å². The number of halogens is 1. The fourth-order valence-corrected chi connectivity index (χ4v) is 7.30. The quantitative estimate of drug-likeness (QED) is 0.157. The van der Waals surface area contributed by atoms with Crippen molar-refractivity contribution >= 4 is 39.1 Å². The van der Waals surface area contributed by atoms with Gasteiger partial charge in [0.15, 0.2) is 9.84 Å². The number of amides is 2. The lowest BCUT2D eigenvalue weighted by Gasteiger charge is -2.31. The van der Waals surface area contributed by atoms with Crippen LogP contribution in [-0.2, 0) is 25.8 Å². The predicted octanol–water partition coefficient (Wildman–Crippen LogP) is 5.51. The monoisotopic (exact) mass is 661 g/mol. The van der Waals surface area contributed by atoms with E-state index in [-0.39, 0.29) is 16.8 Å². The maximum atomic E-state index is 13.9. The van der Waals surface area contributed by atoms with E-state index in [1.807, 2.05) is 72.8 Å². The number of rotatable bonds is 12. The van der Waals surface area contributed by atoms with Crippen molar-refractivity contribution in [3.63, 3.8) is 0 Å². The Morgan fingerprint density at radius 3 is 2.07 bits per heavy atom. The van der Waals surface area contributed by atoms with Crippen LogP contribution in [-0.4, -0.2) is 62.6 Å². The Hall–Kier alpha value is -4.22. The molecule has 1 saturated heterocycles. The minimum atomic E-state index is -3.57. The largest absolute Gasteiger partial charge is 0.465 e. The zero-order valence-corrected chi connectivity index (χ0v) is 26.6. The van der Waals surface area contributed by atoms with Gasteiger partial charge in [-0.1, -0.05) is 90.5 Å². The average molecular weight is 662 g/mol. The number of nitrogens with one attached hydrogen (secondary N) is 3. The van der Waals surface area contributed by atoms with Gasteiger partial charge in [0.2, 0.25) is 5.91 Å². The number of carbonyl (C=O) groups is 2. The Balaban J connectivity index is 1.28. The maximum Gasteiger partial charge on any atom is 0.405 e. The lowest BCUT2D eigenvalue weighted by molar-refractivity contribution is -0.118. The van der Waals surface area contributed by atoms with Crippen LogP contribution in [0.15, 0.2) is 114 Å². The first-order chi connectivity index (χ1) is 22.2. The van der Waals surface area contributed by atoms with Crippen molar-refractivity contribution in [2.75, 3.05) is 24.2 Å². The first-order valence-electron chi connectivity index (χ1n) is 15.0. The molecule has 4 N–H and O–H groups in total. The van der Waals surface area contributed by atoms with E-state index in [9.17, 15) is 23.1 Å². The number of anilines is 1. The van der Waals surface area contributed by atoms with Crippen LogP contribution in [0.2, 0.25) is 5.02 Å². The van der Waals surface area contributed by atoms with Crippen molar-refractivity contribution < 1.29 is 27.9 Å². The molecule has 0 radical (unpaired) electrons. The number of carboxylic acid groups (broad SMARTS) is 1. The van der Waals surface area contributed by atoms with Crippen molar-refractivity contribution in [3.05, 3.63) is 131 Å². The molecule has 0 spiro atoms. The van der Waals surface area contributed by atoms with Gasteiger partial charge in [-0.25, -0.2) is 13.2 Å². The maximum absolute atomic E-state index is 13.9. The molecular formula is C35H36ClN3O6S. The van der Waals surface area contributed by atoms with Crippen LogP contribution in [0.1, 0.15) is 29.0 Å². The van der Waals surface area contributed by atoms with Gasteiger partial charge in [0.1, 0.15) is 6.04 Å². The second-order valence-corrected chi connectivity index (χ2v) is 13.7. The number of benzene rings is 4. The van der Waals surface area contributed by atoms with Crippen LogP contribution < -0.4 is 16.0 Å². The van der Waals surface area contributed by atoms with Crippen LogP contribution in [0.25, 0.3) is 0 Å². The van der Waals surface area contributed by atoms with E-state index in [2.05, 4.69) is 16.0 Å². The summed E-state index contributed by atoms with van der Waals surface area (Å²) in [6.45, 7) is 0.977. The highest BCUT2D eigenvalue weighted by molar-refractivity contribution is 7.91. The molecule has 1 aliphatic heterocycles. The van der Waals surface area contributed by atoms with Crippen LogP contribution in [0.3, 0.4) is 0 Å². The van der Waals surface area contributed by atoms with Crippen molar-refractivity contribution in [1.82, 2.24) is 10.6 Å². The summed E-state index contributed by atoms with van der Waals surface area (Å²) in [5, 5.41) is 18.9. The van der Waals surface area contributed by atoms with Gasteiger partial charge in [-0.3, -0.25) is 4.79 Å². The van der Waals surface area contributed by atoms with E-state index in [1.165, 1.54) is 12.1 Å². The Morgan fingerprint density at radius 2 is 1.43 bits per heavy atom. The van der Waals surface area contributed by atoms with Gasteiger partial charge in [-0.05, 0) is 59.9 Å². The summed E-state index contributed by atoms with van der Waals surface area (Å²) in [4.78, 5) is 26.0. The Bertz CT molecular complexity index is 1680. The highest BCUT2D eigenvalue weighted by Crippen LogP contribution is 2.30. The fourth-order valence-electron chi connectivity index (χ4n) is 5.74. The summed E-state index contributed by atoms with van der Waals surface area (Å²) in [5.41, 5.74) is 3.01. The van der Waals surface area contributed by atoms with Gasteiger partial charge in [-0.2, -0.15) is 0 Å². The number of hydrogen-bond acceptors (Lipinski definition) is 6. The zero-order valence-electron chi connectivity index (χ0n) is 25.0. The van der Waals surface area contributed by atoms with Gasteiger partial charge < -0.3 is 25.8 Å². The lowest BCUT2D eigenvalue weighted by Crippen LogP contribution is -2.47. The zero-order chi connectivity index (χ0) is 32.5. The summed E-state index contributed by atoms with van der Waals surface area (Å²) in [6, 6.07) is 31.0. The van der Waals surface area contributed by atoms with Crippen LogP contribution >= 0.6 is 11.6 Å². The molecule has 1 heterocycles. The van der Waals surface area contributed by atoms with E-state index in [1.54, 1.807) is 24.3 Å². The number of ether oxygens (including phenoxy) is 1. The third kappa shape index (κ3) is 8.73. The molecule has 11 heteroatoms. The van der Waals surface area contributed by atoms with Crippen molar-refractivity contribution in [2.45, 2.75) is 41.9 Å². The molecule has 0 saturated carbocycles. The average Bonchev–Trinajstić information content (AvgIpc) is 3.05. The molecule has 240 valence electrons. The molecule has 2 amide bonds. The number of hydrogen-bond donors (Lipinski definition) is 4. The molecule has 1 aliphatic rings. The first kappa shape index (κ1) is 33.2. The second-order valence-electron chi connectivity index (χ2n) is 11.2. The van der Waals surface area contributed by atoms with Gasteiger partial charge >= 0.3 is 6.09 Å². The highest BCUT2D eigenvalue weighted by atomic mass is 35.5. The molecule has 1 fully saturated rings. The standard InChI is InChI=1S/C35H36ClN3O6S/c36-27-16-19-30(20-17-27)46(43,44)23-29-22-37-21-28(45-29)18-15-24-9-7-8-14-31(24)38-34(40)33(39-35(41)42)32(25-10-3-1-4-11-25)26-12-5-2-6-13-26/h1-14,16-17,19-20,28-29,32-33,37,39H,15,18,21-23H2,(H,38,40)(H,41,42)/t28-,29+,33?/m1/s1. The Morgan fingerprint density at radius 1 is 0.848 bits per heavy atom. The summed E-state index contributed by atoms with van der Waals surface area (Å²) in [5.74, 6) is -1.23. The number of sulfone groups is 1.